The van der Waals surface area contributed by atoms with Gasteiger partial charge >= 0.3 is 5.97 Å². The van der Waals surface area contributed by atoms with Crippen LogP contribution in [-0.4, -0.2) is 19.5 Å². The molecule has 34 heavy (non-hydrogen) atoms. The lowest BCUT2D eigenvalue weighted by atomic mass is 9.88. The van der Waals surface area contributed by atoms with Gasteiger partial charge in [-0.25, -0.2) is 13.2 Å². The molecule has 6 heteroatoms. The number of carboxylic acids is 1. The molecule has 1 aliphatic heterocycles. The standard InChI is InChI=1S/C28H21NO4S/c1-18-25(24(17-29)20-13-15-23(16-14-20)28(30)31)19(2)27(22-11-7-4-8-12-22)34(32,33)26(18)21-9-5-3-6-10-21/h3-16H,1-2H3,(H,30,31). The average Bonchev–Trinajstić information content (AvgIpc) is 2.83. The van der Waals surface area contributed by atoms with Gasteiger partial charge in [-0.2, -0.15) is 5.26 Å². The minimum Gasteiger partial charge on any atom is -0.478 e. The number of hydrogen-bond acceptors (Lipinski definition) is 4. The minimum absolute atomic E-state index is 0.103. The monoisotopic (exact) mass is 467 g/mol. The van der Waals surface area contributed by atoms with Crippen LogP contribution >= 0.6 is 0 Å². The number of carboxylic acid groups (broad SMARTS) is 1. The van der Waals surface area contributed by atoms with Crippen molar-refractivity contribution < 1.29 is 18.3 Å². The molecule has 168 valence electrons. The zero-order chi connectivity index (χ0) is 24.5. The first-order chi connectivity index (χ1) is 16.3. The Hall–Kier alpha value is -4.21. The van der Waals surface area contributed by atoms with Crippen molar-refractivity contribution in [1.82, 2.24) is 0 Å². The molecule has 0 atom stereocenters. The Morgan fingerprint density at radius 1 is 0.735 bits per heavy atom. The lowest BCUT2D eigenvalue weighted by Crippen LogP contribution is -2.17. The first kappa shape index (κ1) is 23.0. The van der Waals surface area contributed by atoms with Gasteiger partial charge in [0.2, 0.25) is 9.84 Å². The first-order valence-electron chi connectivity index (χ1n) is 10.5. The number of rotatable bonds is 4. The van der Waals surface area contributed by atoms with Crippen molar-refractivity contribution in [1.29, 1.82) is 5.26 Å². The Morgan fingerprint density at radius 3 is 1.53 bits per heavy atom. The van der Waals surface area contributed by atoms with E-state index in [1.54, 1.807) is 74.5 Å². The van der Waals surface area contributed by atoms with Crippen molar-refractivity contribution >= 4 is 31.2 Å². The highest BCUT2D eigenvalue weighted by molar-refractivity contribution is 8.09. The molecule has 0 bridgehead atoms. The van der Waals surface area contributed by atoms with Crippen molar-refractivity contribution in [2.75, 3.05) is 0 Å². The molecule has 0 radical (unpaired) electrons. The van der Waals surface area contributed by atoms with E-state index in [0.29, 0.717) is 33.4 Å². The van der Waals surface area contributed by atoms with Crippen LogP contribution < -0.4 is 0 Å². The predicted molar refractivity (Wildman–Crippen MR) is 133 cm³/mol. The summed E-state index contributed by atoms with van der Waals surface area (Å²) in [7, 11) is -3.91. The zero-order valence-electron chi connectivity index (χ0n) is 18.6. The highest BCUT2D eigenvalue weighted by atomic mass is 32.2. The summed E-state index contributed by atoms with van der Waals surface area (Å²) in [5, 5.41) is 19.4. The fourth-order valence-electron chi connectivity index (χ4n) is 4.36. The van der Waals surface area contributed by atoms with Gasteiger partial charge in [-0.05, 0) is 53.8 Å². The molecule has 3 aromatic carbocycles. The quantitative estimate of drug-likeness (QED) is 0.478. The summed E-state index contributed by atoms with van der Waals surface area (Å²) in [6.07, 6.45) is 0. The summed E-state index contributed by atoms with van der Waals surface area (Å²) in [5.74, 6) is -1.06. The third-order valence-corrected chi connectivity index (χ3v) is 7.98. The van der Waals surface area contributed by atoms with Crippen LogP contribution in [0.15, 0.2) is 102 Å². The lowest BCUT2D eigenvalue weighted by Gasteiger charge is -2.27. The van der Waals surface area contributed by atoms with Crippen LogP contribution in [0.2, 0.25) is 0 Å². The maximum atomic E-state index is 14.0. The molecule has 0 saturated carbocycles. The second-order valence-corrected chi connectivity index (χ2v) is 9.71. The fourth-order valence-corrected chi connectivity index (χ4v) is 6.46. The Labute approximate surface area is 198 Å². The van der Waals surface area contributed by atoms with Gasteiger partial charge in [-0.3, -0.25) is 0 Å². The number of nitriles is 1. The molecule has 0 aromatic heterocycles. The molecular weight excluding hydrogens is 446 g/mol. The highest BCUT2D eigenvalue weighted by Crippen LogP contribution is 2.47. The maximum Gasteiger partial charge on any atom is 0.335 e. The smallest absolute Gasteiger partial charge is 0.335 e. The third-order valence-electron chi connectivity index (χ3n) is 5.82. The summed E-state index contributed by atoms with van der Waals surface area (Å²) in [5.41, 5.74) is 3.45. The van der Waals surface area contributed by atoms with Crippen LogP contribution in [0.3, 0.4) is 0 Å². The normalized spacial score (nSPS) is 15.1. The number of benzene rings is 3. The molecule has 4 rings (SSSR count). The molecule has 0 saturated heterocycles. The zero-order valence-corrected chi connectivity index (χ0v) is 19.4. The Balaban J connectivity index is 2.11. The number of carbonyl (C=O) groups is 1. The molecule has 0 spiro atoms. The van der Waals surface area contributed by atoms with Gasteiger partial charge in [0.25, 0.3) is 0 Å². The fraction of sp³-hybridized carbons (Fsp3) is 0.0714. The third kappa shape index (κ3) is 3.87. The summed E-state index contributed by atoms with van der Waals surface area (Å²) in [6, 6.07) is 25.9. The SMILES string of the molecule is CC1=C(c2ccccc2)S(=O)(=O)C(c2ccccc2)=C(C)C1=C(C#N)c1ccc(C(=O)O)cc1. The van der Waals surface area contributed by atoms with Gasteiger partial charge in [0.1, 0.15) is 6.07 Å². The average molecular weight is 468 g/mol. The molecule has 0 fully saturated rings. The largest absolute Gasteiger partial charge is 0.478 e. The molecule has 1 aliphatic rings. The van der Waals surface area contributed by atoms with E-state index in [1.807, 2.05) is 12.1 Å². The van der Waals surface area contributed by atoms with Crippen LogP contribution in [-0.2, 0) is 9.84 Å². The molecule has 0 amide bonds. The number of allylic oxidation sites excluding steroid dienone is 4. The first-order valence-corrected chi connectivity index (χ1v) is 12.0. The Kier molecular flexibility index (Phi) is 6.06. The van der Waals surface area contributed by atoms with E-state index in [2.05, 4.69) is 6.07 Å². The summed E-state index contributed by atoms with van der Waals surface area (Å²) in [4.78, 5) is 11.6. The molecule has 5 nitrogen and oxygen atoms in total. The predicted octanol–water partition coefficient (Wildman–Crippen LogP) is 5.95. The van der Waals surface area contributed by atoms with E-state index in [0.717, 1.165) is 0 Å². The minimum atomic E-state index is -3.91. The molecular formula is C28H21NO4S. The number of aromatic carboxylic acids is 1. The summed E-state index contributed by atoms with van der Waals surface area (Å²) < 4.78 is 27.9. The van der Waals surface area contributed by atoms with E-state index >= 15 is 0 Å². The van der Waals surface area contributed by atoms with Crippen molar-refractivity contribution in [2.24, 2.45) is 0 Å². The van der Waals surface area contributed by atoms with Gasteiger partial charge in [0.05, 0.1) is 20.9 Å². The van der Waals surface area contributed by atoms with Crippen molar-refractivity contribution in [2.45, 2.75) is 13.8 Å². The summed E-state index contributed by atoms with van der Waals surface area (Å²) in [6.45, 7) is 3.42. The van der Waals surface area contributed by atoms with Crippen LogP contribution in [0.5, 0.6) is 0 Å². The van der Waals surface area contributed by atoms with E-state index in [9.17, 15) is 23.6 Å². The topological polar surface area (TPSA) is 95.2 Å². The van der Waals surface area contributed by atoms with Crippen LogP contribution in [0.4, 0.5) is 0 Å². The van der Waals surface area contributed by atoms with Crippen LogP contribution in [0.1, 0.15) is 40.9 Å². The van der Waals surface area contributed by atoms with E-state index < -0.39 is 15.8 Å². The number of hydrogen-bond donors (Lipinski definition) is 1. The van der Waals surface area contributed by atoms with Gasteiger partial charge in [0.15, 0.2) is 0 Å². The van der Waals surface area contributed by atoms with Gasteiger partial charge in [-0.15, -0.1) is 0 Å². The van der Waals surface area contributed by atoms with Crippen molar-refractivity contribution in [3.05, 3.63) is 124 Å². The molecule has 1 heterocycles. The molecule has 0 aliphatic carbocycles. The summed E-state index contributed by atoms with van der Waals surface area (Å²) >= 11 is 0. The molecule has 3 aromatic rings. The number of nitrogens with zero attached hydrogens (tertiary/aromatic N) is 1. The van der Waals surface area contributed by atoms with Crippen molar-refractivity contribution in [3.63, 3.8) is 0 Å². The highest BCUT2D eigenvalue weighted by Gasteiger charge is 2.36. The van der Waals surface area contributed by atoms with Crippen LogP contribution in [0.25, 0.3) is 15.4 Å². The van der Waals surface area contributed by atoms with Gasteiger partial charge < -0.3 is 5.11 Å². The van der Waals surface area contributed by atoms with E-state index in [1.165, 1.54) is 12.1 Å². The Bertz CT molecular complexity index is 1450. The van der Waals surface area contributed by atoms with E-state index in [-0.39, 0.29) is 20.9 Å². The lowest BCUT2D eigenvalue weighted by molar-refractivity contribution is 0.0697. The molecule has 1 N–H and O–H groups in total. The van der Waals surface area contributed by atoms with Crippen LogP contribution in [0, 0.1) is 11.3 Å². The second-order valence-electron chi connectivity index (χ2n) is 7.89. The number of sulfone groups is 1. The van der Waals surface area contributed by atoms with Gasteiger partial charge in [-0.1, -0.05) is 72.8 Å². The Morgan fingerprint density at radius 2 is 1.15 bits per heavy atom. The van der Waals surface area contributed by atoms with E-state index in [4.69, 9.17) is 0 Å². The van der Waals surface area contributed by atoms with Gasteiger partial charge in [0, 0.05) is 5.57 Å². The maximum absolute atomic E-state index is 14.0. The molecule has 0 unspecified atom stereocenters. The van der Waals surface area contributed by atoms with Crippen molar-refractivity contribution in [3.8, 4) is 6.07 Å². The second kappa shape index (κ2) is 8.97.